The van der Waals surface area contributed by atoms with Crippen LogP contribution in [0.3, 0.4) is 0 Å². The third kappa shape index (κ3) is 3.75. The molecule has 1 aromatic heterocycles. The van der Waals surface area contributed by atoms with Crippen molar-refractivity contribution < 1.29 is 9.47 Å². The van der Waals surface area contributed by atoms with E-state index in [4.69, 9.17) is 9.47 Å². The SMILES string of the molecule is CCOC(OCC)c1cn(Cc2ccc3ccccc3c2)nn1. The number of aromatic nitrogens is 3. The molecule has 0 spiro atoms. The Morgan fingerprint density at radius 2 is 1.74 bits per heavy atom. The summed E-state index contributed by atoms with van der Waals surface area (Å²) in [6.45, 7) is 5.68. The average Bonchev–Trinajstić information content (AvgIpc) is 3.03. The van der Waals surface area contributed by atoms with Gasteiger partial charge in [0.25, 0.3) is 0 Å². The lowest BCUT2D eigenvalue weighted by Gasteiger charge is -2.13. The quantitative estimate of drug-likeness (QED) is 0.626. The predicted molar refractivity (Wildman–Crippen MR) is 89.1 cm³/mol. The summed E-state index contributed by atoms with van der Waals surface area (Å²) >= 11 is 0. The highest BCUT2D eigenvalue weighted by Gasteiger charge is 2.15. The van der Waals surface area contributed by atoms with E-state index in [1.54, 1.807) is 0 Å². The molecule has 120 valence electrons. The van der Waals surface area contributed by atoms with Crippen molar-refractivity contribution in [1.82, 2.24) is 15.0 Å². The summed E-state index contributed by atoms with van der Waals surface area (Å²) in [6, 6.07) is 14.8. The second kappa shape index (κ2) is 7.35. The van der Waals surface area contributed by atoms with Crippen LogP contribution in [0.25, 0.3) is 10.8 Å². The second-order valence-corrected chi connectivity index (χ2v) is 5.27. The van der Waals surface area contributed by atoms with Gasteiger partial charge in [-0.3, -0.25) is 0 Å². The lowest BCUT2D eigenvalue weighted by Crippen LogP contribution is -2.09. The molecule has 3 aromatic rings. The Bertz CT molecular complexity index is 764. The molecule has 0 bridgehead atoms. The van der Waals surface area contributed by atoms with Crippen LogP contribution in [0, 0.1) is 0 Å². The molecule has 0 radical (unpaired) electrons. The number of rotatable bonds is 7. The molecule has 5 heteroatoms. The van der Waals surface area contributed by atoms with Gasteiger partial charge in [0.1, 0.15) is 5.69 Å². The molecule has 0 aliphatic heterocycles. The Hall–Kier alpha value is -2.24. The van der Waals surface area contributed by atoms with Gasteiger partial charge in [-0.1, -0.05) is 41.6 Å². The van der Waals surface area contributed by atoms with Crippen molar-refractivity contribution in [2.24, 2.45) is 0 Å². The molecule has 0 fully saturated rings. The van der Waals surface area contributed by atoms with Gasteiger partial charge >= 0.3 is 0 Å². The van der Waals surface area contributed by atoms with Crippen LogP contribution in [0.2, 0.25) is 0 Å². The van der Waals surface area contributed by atoms with Crippen molar-refractivity contribution in [1.29, 1.82) is 0 Å². The van der Waals surface area contributed by atoms with E-state index in [2.05, 4.69) is 46.7 Å². The monoisotopic (exact) mass is 311 g/mol. The van der Waals surface area contributed by atoms with Crippen LogP contribution in [0.5, 0.6) is 0 Å². The standard InChI is InChI=1S/C18H21N3O2/c1-3-22-18(23-4-2)17-13-21(20-19-17)12-14-9-10-15-7-5-6-8-16(15)11-14/h5-11,13,18H,3-4,12H2,1-2H3. The smallest absolute Gasteiger partial charge is 0.204 e. The normalized spacial score (nSPS) is 11.4. The largest absolute Gasteiger partial charge is 0.347 e. The zero-order valence-electron chi connectivity index (χ0n) is 13.5. The highest BCUT2D eigenvalue weighted by Crippen LogP contribution is 2.18. The molecule has 0 amide bonds. The first-order chi connectivity index (χ1) is 11.3. The summed E-state index contributed by atoms with van der Waals surface area (Å²) in [6.07, 6.45) is 1.43. The lowest BCUT2D eigenvalue weighted by molar-refractivity contribution is -0.142. The maximum atomic E-state index is 5.55. The maximum Gasteiger partial charge on any atom is 0.204 e. The first-order valence-electron chi connectivity index (χ1n) is 7.91. The molecule has 0 unspecified atom stereocenters. The van der Waals surface area contributed by atoms with E-state index in [-0.39, 0.29) is 0 Å². The van der Waals surface area contributed by atoms with Gasteiger partial charge < -0.3 is 9.47 Å². The van der Waals surface area contributed by atoms with Crippen LogP contribution in [-0.4, -0.2) is 28.2 Å². The summed E-state index contributed by atoms with van der Waals surface area (Å²) < 4.78 is 12.9. The molecule has 2 aromatic carbocycles. The molecule has 5 nitrogen and oxygen atoms in total. The van der Waals surface area contributed by atoms with Crippen molar-refractivity contribution >= 4 is 10.8 Å². The van der Waals surface area contributed by atoms with Crippen molar-refractivity contribution in [3.05, 3.63) is 59.9 Å². The molecule has 0 N–H and O–H groups in total. The summed E-state index contributed by atoms with van der Waals surface area (Å²) in [5.74, 6) is 0. The summed E-state index contributed by atoms with van der Waals surface area (Å²) in [4.78, 5) is 0. The van der Waals surface area contributed by atoms with E-state index in [1.807, 2.05) is 30.8 Å². The highest BCUT2D eigenvalue weighted by atomic mass is 16.7. The first kappa shape index (κ1) is 15.6. The number of nitrogens with zero attached hydrogens (tertiary/aromatic N) is 3. The van der Waals surface area contributed by atoms with Gasteiger partial charge in [0.2, 0.25) is 6.29 Å². The van der Waals surface area contributed by atoms with Gasteiger partial charge in [-0.2, -0.15) is 0 Å². The Balaban J connectivity index is 1.76. The summed E-state index contributed by atoms with van der Waals surface area (Å²) in [7, 11) is 0. The predicted octanol–water partition coefficient (Wildman–Crippen LogP) is 3.55. The summed E-state index contributed by atoms with van der Waals surface area (Å²) in [5.41, 5.74) is 1.89. The van der Waals surface area contributed by atoms with Crippen LogP contribution < -0.4 is 0 Å². The molecular weight excluding hydrogens is 290 g/mol. The van der Waals surface area contributed by atoms with Crippen LogP contribution in [0.15, 0.2) is 48.7 Å². The van der Waals surface area contributed by atoms with E-state index in [0.717, 1.165) is 0 Å². The molecule has 23 heavy (non-hydrogen) atoms. The number of ether oxygens (including phenoxy) is 2. The zero-order chi connectivity index (χ0) is 16.1. The van der Waals surface area contributed by atoms with Gasteiger partial charge in [-0.15, -0.1) is 5.10 Å². The highest BCUT2D eigenvalue weighted by molar-refractivity contribution is 5.82. The minimum Gasteiger partial charge on any atom is -0.347 e. The van der Waals surface area contributed by atoms with E-state index in [1.165, 1.54) is 16.3 Å². The maximum absolute atomic E-state index is 5.55. The van der Waals surface area contributed by atoms with E-state index in [9.17, 15) is 0 Å². The van der Waals surface area contributed by atoms with Crippen molar-refractivity contribution in [2.45, 2.75) is 26.7 Å². The molecule has 1 heterocycles. The fourth-order valence-corrected chi connectivity index (χ4v) is 2.54. The first-order valence-corrected chi connectivity index (χ1v) is 7.91. The molecule has 0 atom stereocenters. The van der Waals surface area contributed by atoms with Crippen molar-refractivity contribution in [3.63, 3.8) is 0 Å². The van der Waals surface area contributed by atoms with E-state index >= 15 is 0 Å². The minimum absolute atomic E-state index is 0.449. The zero-order valence-corrected chi connectivity index (χ0v) is 13.5. The fourth-order valence-electron chi connectivity index (χ4n) is 2.54. The van der Waals surface area contributed by atoms with E-state index in [0.29, 0.717) is 25.5 Å². The molecule has 0 saturated carbocycles. The topological polar surface area (TPSA) is 49.2 Å². The van der Waals surface area contributed by atoms with Crippen LogP contribution in [-0.2, 0) is 16.0 Å². The Labute approximate surface area is 135 Å². The van der Waals surface area contributed by atoms with Crippen LogP contribution in [0.1, 0.15) is 31.4 Å². The second-order valence-electron chi connectivity index (χ2n) is 5.27. The summed E-state index contributed by atoms with van der Waals surface area (Å²) in [5, 5.41) is 10.8. The molecule has 3 rings (SSSR count). The molecule has 0 aliphatic carbocycles. The Morgan fingerprint density at radius 3 is 2.48 bits per heavy atom. The van der Waals surface area contributed by atoms with Gasteiger partial charge in [0.15, 0.2) is 0 Å². The van der Waals surface area contributed by atoms with Gasteiger partial charge in [-0.05, 0) is 36.2 Å². The van der Waals surface area contributed by atoms with Gasteiger partial charge in [0, 0.05) is 13.2 Å². The third-order valence-electron chi connectivity index (χ3n) is 3.59. The fraction of sp³-hybridized carbons (Fsp3) is 0.333. The van der Waals surface area contributed by atoms with Gasteiger partial charge in [0.05, 0.1) is 12.7 Å². The number of benzene rings is 2. The average molecular weight is 311 g/mol. The molecule has 0 aliphatic rings. The van der Waals surface area contributed by atoms with Crippen molar-refractivity contribution in [2.75, 3.05) is 13.2 Å². The van der Waals surface area contributed by atoms with Crippen molar-refractivity contribution in [3.8, 4) is 0 Å². The van der Waals surface area contributed by atoms with Crippen LogP contribution in [0.4, 0.5) is 0 Å². The van der Waals surface area contributed by atoms with Crippen LogP contribution >= 0.6 is 0 Å². The Morgan fingerprint density at radius 1 is 1.00 bits per heavy atom. The Kier molecular flexibility index (Phi) is 5.00. The minimum atomic E-state index is -0.449. The molecular formula is C18H21N3O2. The number of hydrogen-bond donors (Lipinski definition) is 0. The van der Waals surface area contributed by atoms with E-state index < -0.39 is 6.29 Å². The molecule has 0 saturated heterocycles. The third-order valence-corrected chi connectivity index (χ3v) is 3.59. The number of fused-ring (bicyclic) bond motifs is 1. The van der Waals surface area contributed by atoms with Gasteiger partial charge in [-0.25, -0.2) is 4.68 Å². The lowest BCUT2D eigenvalue weighted by atomic mass is 10.1. The number of hydrogen-bond acceptors (Lipinski definition) is 4.